The number of hydrogen-bond acceptors (Lipinski definition) is 2. The van der Waals surface area contributed by atoms with Gasteiger partial charge in [0, 0.05) is 0 Å². The smallest absolute Gasteiger partial charge is 0.286 e. The molecule has 0 fully saturated rings. The molecule has 0 heterocycles. The van der Waals surface area contributed by atoms with E-state index in [0.29, 0.717) is 6.26 Å². The minimum atomic E-state index is -3.67. The van der Waals surface area contributed by atoms with Crippen molar-refractivity contribution in [2.75, 3.05) is 6.26 Å². The van der Waals surface area contributed by atoms with Crippen LogP contribution in [0, 0.1) is 0 Å². The van der Waals surface area contributed by atoms with Crippen LogP contribution in [0.4, 0.5) is 0 Å². The first kappa shape index (κ1) is 15.7. The van der Waals surface area contributed by atoms with Crippen LogP contribution in [0.3, 0.4) is 0 Å². The van der Waals surface area contributed by atoms with E-state index in [-0.39, 0.29) is 37.4 Å². The van der Waals surface area contributed by atoms with E-state index in [2.05, 4.69) is 0 Å². The van der Waals surface area contributed by atoms with Gasteiger partial charge in [-0.15, -0.1) is 17.0 Å². The summed E-state index contributed by atoms with van der Waals surface area (Å²) in [5, 5.41) is 0. The molecule has 0 aliphatic rings. The van der Waals surface area contributed by atoms with Crippen LogP contribution >= 0.6 is 17.0 Å². The zero-order chi connectivity index (χ0) is 4.50. The Bertz CT molecular complexity index is 98.1. The minimum Gasteiger partial charge on any atom is -0.286 e. The molecule has 0 atom stereocenters. The summed E-state index contributed by atoms with van der Waals surface area (Å²) in [5.74, 6) is 0. The van der Waals surface area contributed by atoms with Gasteiger partial charge in [0.25, 0.3) is 10.1 Å². The molecule has 3 nitrogen and oxygen atoms in total. The van der Waals surface area contributed by atoms with Crippen LogP contribution in [0.1, 0.15) is 0 Å². The number of halogens is 1. The summed E-state index contributed by atoms with van der Waals surface area (Å²) in [4.78, 5) is 0. The molecule has 48 valence electrons. The first-order valence-corrected chi connectivity index (χ1v) is 2.77. The summed E-state index contributed by atoms with van der Waals surface area (Å²) in [7, 11) is -3.67. The summed E-state index contributed by atoms with van der Waals surface area (Å²) in [6.45, 7) is 0. The molecule has 0 aliphatic heterocycles. The van der Waals surface area contributed by atoms with Crippen LogP contribution in [0.2, 0.25) is 0 Å². The van der Waals surface area contributed by atoms with Crippen LogP contribution in [0.25, 0.3) is 0 Å². The number of hydrogen-bond donors (Lipinski definition) is 1. The molecule has 0 aromatic carbocycles. The van der Waals surface area contributed by atoms with Crippen molar-refractivity contribution in [2.45, 2.75) is 0 Å². The first-order valence-electron chi connectivity index (χ1n) is 0.924. The third-order valence-electron chi connectivity index (χ3n) is 0. The Morgan fingerprint density at radius 1 is 1.43 bits per heavy atom. The van der Waals surface area contributed by atoms with Crippen molar-refractivity contribution in [3.8, 4) is 0 Å². The van der Waals surface area contributed by atoms with E-state index in [1.807, 2.05) is 0 Å². The molecule has 0 spiro atoms. The predicted molar refractivity (Wildman–Crippen MR) is 27.8 cm³/mol. The molecule has 0 saturated heterocycles. The van der Waals surface area contributed by atoms with Crippen molar-refractivity contribution in [1.29, 1.82) is 0 Å². The maximum Gasteiger partial charge on any atom is 2.00 e. The van der Waals surface area contributed by atoms with Gasteiger partial charge in [0.05, 0.1) is 6.26 Å². The van der Waals surface area contributed by atoms with Gasteiger partial charge in [0.1, 0.15) is 0 Å². The monoisotopic (exact) mass is 282 g/mol. The fourth-order valence-electron chi connectivity index (χ4n) is 0. The number of rotatable bonds is 0. The van der Waals surface area contributed by atoms with Crippen molar-refractivity contribution in [3.63, 3.8) is 0 Å². The second kappa shape index (κ2) is 5.19. The molecule has 0 rings (SSSR count). The molecule has 7 heavy (non-hydrogen) atoms. The van der Waals surface area contributed by atoms with E-state index in [1.165, 1.54) is 0 Å². The summed E-state index contributed by atoms with van der Waals surface area (Å²) >= 11 is 0. The molecule has 0 bridgehead atoms. The van der Waals surface area contributed by atoms with Gasteiger partial charge in [-0.2, -0.15) is 8.42 Å². The van der Waals surface area contributed by atoms with Crippen molar-refractivity contribution in [1.82, 2.24) is 0 Å². The first-order chi connectivity index (χ1) is 2.00. The van der Waals surface area contributed by atoms with E-state index in [9.17, 15) is 8.42 Å². The van der Waals surface area contributed by atoms with Gasteiger partial charge in [-0.05, 0) is 0 Å². The van der Waals surface area contributed by atoms with Crippen LogP contribution in [-0.2, 0) is 30.5 Å². The van der Waals surface area contributed by atoms with E-state index < -0.39 is 10.1 Å². The predicted octanol–water partition coefficient (Wildman–Crippen LogP) is 0.0794. The molecule has 0 unspecified atom stereocenters. The van der Waals surface area contributed by atoms with Crippen LogP contribution < -0.4 is 0 Å². The molecule has 1 N–H and O–H groups in total. The van der Waals surface area contributed by atoms with Crippen LogP contribution in [0.15, 0.2) is 0 Å². The maximum atomic E-state index is 9.19. The van der Waals surface area contributed by atoms with Crippen molar-refractivity contribution >= 4 is 27.1 Å². The zero-order valence-electron chi connectivity index (χ0n) is 3.40. The Labute approximate surface area is 66.7 Å². The van der Waals surface area contributed by atoms with Crippen molar-refractivity contribution in [3.05, 3.63) is 0 Å². The molecule has 6 heteroatoms. The SMILES string of the molecule is Br.CS(=O)(=O)O.[Pd+2]. The van der Waals surface area contributed by atoms with Gasteiger partial charge in [0.2, 0.25) is 0 Å². The van der Waals surface area contributed by atoms with Crippen molar-refractivity contribution in [2.24, 2.45) is 0 Å². The largest absolute Gasteiger partial charge is 2.00 e. The van der Waals surface area contributed by atoms with Crippen molar-refractivity contribution < 1.29 is 33.4 Å². The van der Waals surface area contributed by atoms with E-state index in [4.69, 9.17) is 4.55 Å². The minimum absolute atomic E-state index is 0. The summed E-state index contributed by atoms with van der Waals surface area (Å²) in [5.41, 5.74) is 0. The molecule has 0 radical (unpaired) electrons. The molecule has 0 saturated carbocycles. The third kappa shape index (κ3) is 163. The topological polar surface area (TPSA) is 54.4 Å². The molecule has 0 aliphatic carbocycles. The fourth-order valence-corrected chi connectivity index (χ4v) is 0. The molecular formula is CH5BrO3PdS+2. The van der Waals surface area contributed by atoms with Gasteiger partial charge in [-0.3, -0.25) is 4.55 Å². The van der Waals surface area contributed by atoms with Crippen LogP contribution in [-0.4, -0.2) is 19.2 Å². The second-order valence-electron chi connectivity index (χ2n) is 0.733. The average molecular weight is 283 g/mol. The van der Waals surface area contributed by atoms with Gasteiger partial charge in [-0.1, -0.05) is 0 Å². The van der Waals surface area contributed by atoms with Gasteiger partial charge >= 0.3 is 20.4 Å². The molecular weight excluding hydrogens is 278 g/mol. The standard InChI is InChI=1S/CH4O3S.BrH.Pd/c1-5(2,3)4;;/h1H3,(H,2,3,4);1H;/q;;+2. The summed E-state index contributed by atoms with van der Waals surface area (Å²) in [6, 6.07) is 0. The maximum absolute atomic E-state index is 9.19. The average Bonchev–Trinajstić information content (AvgIpc) is 0.722. The Morgan fingerprint density at radius 3 is 1.43 bits per heavy atom. The fraction of sp³-hybridized carbons (Fsp3) is 1.00. The van der Waals surface area contributed by atoms with Gasteiger partial charge in [-0.25, -0.2) is 0 Å². The second-order valence-corrected chi connectivity index (χ2v) is 2.20. The third-order valence-corrected chi connectivity index (χ3v) is 0. The van der Waals surface area contributed by atoms with Gasteiger partial charge in [0.15, 0.2) is 0 Å². The Hall–Kier alpha value is 1.05. The Morgan fingerprint density at radius 2 is 1.43 bits per heavy atom. The van der Waals surface area contributed by atoms with Gasteiger partial charge < -0.3 is 0 Å². The van der Waals surface area contributed by atoms with Crippen LogP contribution in [0.5, 0.6) is 0 Å². The van der Waals surface area contributed by atoms with E-state index in [1.54, 1.807) is 0 Å². The Balaban J connectivity index is -0.0000000800. The summed E-state index contributed by atoms with van der Waals surface area (Å²) < 4.78 is 25.9. The quantitative estimate of drug-likeness (QED) is 0.506. The zero-order valence-corrected chi connectivity index (χ0v) is 7.48. The van der Waals surface area contributed by atoms with E-state index in [0.717, 1.165) is 0 Å². The molecule has 0 amide bonds. The van der Waals surface area contributed by atoms with E-state index >= 15 is 0 Å². The normalized spacial score (nSPS) is 8.29. The Kier molecular flexibility index (Phi) is 11.6. The molecule has 0 aromatic heterocycles. The summed E-state index contributed by atoms with van der Waals surface area (Å²) in [6.07, 6.45) is 0.715. The molecule has 0 aromatic rings.